The number of ketones is 1. The van der Waals surface area contributed by atoms with Gasteiger partial charge in [0.15, 0.2) is 11.4 Å². The maximum absolute atomic E-state index is 12.6. The molecule has 130 valence electrons. The quantitative estimate of drug-likeness (QED) is 0.588. The number of Topliss-reactive ketones (excluding diaryl/α,β-unsaturated/α-hetero) is 1. The standard InChI is InChI=1S/C18H22O6/c1-22-14-8-6-13(7-9-14)17(21)24-18(10-4-3-5-11-18)15(19)12-16(20)23-2/h6-9H,3-5,10-12H2,1-2H3. The minimum absolute atomic E-state index is 0.339. The Morgan fingerprint density at radius 3 is 2.17 bits per heavy atom. The Kier molecular flexibility index (Phi) is 5.95. The Hall–Kier alpha value is -2.37. The average Bonchev–Trinajstić information content (AvgIpc) is 2.62. The van der Waals surface area contributed by atoms with Gasteiger partial charge in [0.1, 0.15) is 12.2 Å². The van der Waals surface area contributed by atoms with Gasteiger partial charge in [-0.25, -0.2) is 4.79 Å². The van der Waals surface area contributed by atoms with Crippen molar-refractivity contribution >= 4 is 17.7 Å². The minimum Gasteiger partial charge on any atom is -0.497 e. The van der Waals surface area contributed by atoms with Gasteiger partial charge in [0.2, 0.25) is 0 Å². The molecule has 0 spiro atoms. The molecular formula is C18H22O6. The maximum Gasteiger partial charge on any atom is 0.339 e. The van der Waals surface area contributed by atoms with Gasteiger partial charge in [-0.2, -0.15) is 0 Å². The van der Waals surface area contributed by atoms with Gasteiger partial charge in [-0.15, -0.1) is 0 Å². The number of benzene rings is 1. The van der Waals surface area contributed by atoms with Gasteiger partial charge in [0, 0.05) is 0 Å². The summed E-state index contributed by atoms with van der Waals surface area (Å²) in [6.07, 6.45) is 3.03. The molecule has 0 aliphatic heterocycles. The largest absolute Gasteiger partial charge is 0.497 e. The molecule has 0 aromatic heterocycles. The second-order valence-electron chi connectivity index (χ2n) is 5.85. The van der Waals surface area contributed by atoms with Gasteiger partial charge >= 0.3 is 11.9 Å². The summed E-state index contributed by atoms with van der Waals surface area (Å²) in [6, 6.07) is 6.48. The summed E-state index contributed by atoms with van der Waals surface area (Å²) in [5, 5.41) is 0. The molecule has 0 radical (unpaired) electrons. The SMILES string of the molecule is COC(=O)CC(=O)C1(OC(=O)c2ccc(OC)cc2)CCCCC1. The number of ether oxygens (including phenoxy) is 3. The zero-order valence-corrected chi connectivity index (χ0v) is 14.0. The molecule has 1 saturated carbocycles. The van der Waals surface area contributed by atoms with Crippen LogP contribution in [0.1, 0.15) is 48.9 Å². The summed E-state index contributed by atoms with van der Waals surface area (Å²) in [4.78, 5) is 36.4. The van der Waals surface area contributed by atoms with Crippen LogP contribution in [0.3, 0.4) is 0 Å². The van der Waals surface area contributed by atoms with Crippen molar-refractivity contribution in [2.24, 2.45) is 0 Å². The number of carbonyl (C=O) groups excluding carboxylic acids is 3. The molecule has 0 atom stereocenters. The van der Waals surface area contributed by atoms with E-state index in [1.165, 1.54) is 14.2 Å². The number of methoxy groups -OCH3 is 2. The smallest absolute Gasteiger partial charge is 0.339 e. The lowest BCUT2D eigenvalue weighted by molar-refractivity contribution is -0.151. The van der Waals surface area contributed by atoms with Crippen molar-refractivity contribution in [2.75, 3.05) is 14.2 Å². The van der Waals surface area contributed by atoms with Crippen LogP contribution in [-0.2, 0) is 19.1 Å². The van der Waals surface area contributed by atoms with Gasteiger partial charge in [-0.05, 0) is 49.9 Å². The lowest BCUT2D eigenvalue weighted by Crippen LogP contribution is -2.46. The normalized spacial score (nSPS) is 16.1. The lowest BCUT2D eigenvalue weighted by Gasteiger charge is -2.35. The Balaban J connectivity index is 2.16. The number of carbonyl (C=O) groups is 3. The fourth-order valence-electron chi connectivity index (χ4n) is 2.89. The highest BCUT2D eigenvalue weighted by Gasteiger charge is 2.43. The van der Waals surface area contributed by atoms with Gasteiger partial charge in [-0.1, -0.05) is 6.42 Å². The molecule has 2 rings (SSSR count). The van der Waals surface area contributed by atoms with E-state index in [4.69, 9.17) is 9.47 Å². The summed E-state index contributed by atoms with van der Waals surface area (Å²) < 4.78 is 15.2. The molecule has 0 heterocycles. The van der Waals surface area contributed by atoms with E-state index in [9.17, 15) is 14.4 Å². The summed E-state index contributed by atoms with van der Waals surface area (Å²) in [5.41, 5.74) is -0.893. The molecule has 6 nitrogen and oxygen atoms in total. The number of hydrogen-bond acceptors (Lipinski definition) is 6. The number of rotatable bonds is 6. The molecule has 24 heavy (non-hydrogen) atoms. The molecule has 1 fully saturated rings. The van der Waals surface area contributed by atoms with Gasteiger partial charge in [-0.3, -0.25) is 9.59 Å². The first kappa shape index (κ1) is 18.0. The van der Waals surface area contributed by atoms with E-state index in [1.54, 1.807) is 24.3 Å². The van der Waals surface area contributed by atoms with E-state index in [2.05, 4.69) is 4.74 Å². The summed E-state index contributed by atoms with van der Waals surface area (Å²) in [6.45, 7) is 0. The van der Waals surface area contributed by atoms with Crippen LogP contribution in [0.25, 0.3) is 0 Å². The van der Waals surface area contributed by atoms with E-state index < -0.39 is 23.3 Å². The first-order valence-corrected chi connectivity index (χ1v) is 7.98. The molecule has 0 N–H and O–H groups in total. The minimum atomic E-state index is -1.23. The van der Waals surface area contributed by atoms with E-state index in [0.717, 1.165) is 19.3 Å². The average molecular weight is 334 g/mol. The molecule has 0 unspecified atom stereocenters. The van der Waals surface area contributed by atoms with Gasteiger partial charge in [0.25, 0.3) is 0 Å². The second-order valence-corrected chi connectivity index (χ2v) is 5.85. The van der Waals surface area contributed by atoms with E-state index in [-0.39, 0.29) is 6.42 Å². The highest BCUT2D eigenvalue weighted by molar-refractivity contribution is 6.02. The summed E-state index contributed by atoms with van der Waals surface area (Å²) in [5.74, 6) is -0.958. The van der Waals surface area contributed by atoms with Crippen molar-refractivity contribution < 1.29 is 28.6 Å². The molecule has 0 amide bonds. The van der Waals surface area contributed by atoms with Crippen LogP contribution in [0.5, 0.6) is 5.75 Å². The zero-order valence-electron chi connectivity index (χ0n) is 14.0. The first-order chi connectivity index (χ1) is 11.5. The van der Waals surface area contributed by atoms with Gasteiger partial charge in [0.05, 0.1) is 19.8 Å². The molecule has 1 aliphatic carbocycles. The third-order valence-electron chi connectivity index (χ3n) is 4.32. The molecule has 0 bridgehead atoms. The predicted octanol–water partition coefficient (Wildman–Crippen LogP) is 2.69. The second kappa shape index (κ2) is 7.95. The fourth-order valence-corrected chi connectivity index (χ4v) is 2.89. The monoisotopic (exact) mass is 334 g/mol. The first-order valence-electron chi connectivity index (χ1n) is 7.98. The van der Waals surface area contributed by atoms with Crippen LogP contribution in [0, 0.1) is 0 Å². The van der Waals surface area contributed by atoms with E-state index in [0.29, 0.717) is 24.2 Å². The van der Waals surface area contributed by atoms with Crippen LogP contribution in [0.15, 0.2) is 24.3 Å². The molecule has 6 heteroatoms. The number of esters is 2. The maximum atomic E-state index is 12.6. The van der Waals surface area contributed by atoms with Crippen LogP contribution in [0.2, 0.25) is 0 Å². The van der Waals surface area contributed by atoms with E-state index in [1.807, 2.05) is 0 Å². The van der Waals surface area contributed by atoms with Crippen molar-refractivity contribution in [3.63, 3.8) is 0 Å². The highest BCUT2D eigenvalue weighted by Crippen LogP contribution is 2.34. The molecule has 1 aliphatic rings. The van der Waals surface area contributed by atoms with Crippen LogP contribution >= 0.6 is 0 Å². The summed E-state index contributed by atoms with van der Waals surface area (Å²) >= 11 is 0. The topological polar surface area (TPSA) is 78.9 Å². The van der Waals surface area contributed by atoms with Crippen molar-refractivity contribution in [3.8, 4) is 5.75 Å². The molecule has 1 aromatic rings. The highest BCUT2D eigenvalue weighted by atomic mass is 16.6. The number of hydrogen-bond donors (Lipinski definition) is 0. The molecule has 0 saturated heterocycles. The Morgan fingerprint density at radius 2 is 1.62 bits per heavy atom. The van der Waals surface area contributed by atoms with Crippen LogP contribution < -0.4 is 4.74 Å². The van der Waals surface area contributed by atoms with Crippen molar-refractivity contribution in [3.05, 3.63) is 29.8 Å². The third-order valence-corrected chi connectivity index (χ3v) is 4.32. The zero-order chi connectivity index (χ0) is 17.6. The third kappa shape index (κ3) is 4.13. The Morgan fingerprint density at radius 1 is 1.00 bits per heavy atom. The lowest BCUT2D eigenvalue weighted by atomic mass is 9.80. The van der Waals surface area contributed by atoms with Crippen molar-refractivity contribution in [1.29, 1.82) is 0 Å². The predicted molar refractivity (Wildman–Crippen MR) is 85.9 cm³/mol. The summed E-state index contributed by atoms with van der Waals surface area (Å²) in [7, 11) is 2.77. The fraction of sp³-hybridized carbons (Fsp3) is 0.500. The van der Waals surface area contributed by atoms with Crippen molar-refractivity contribution in [1.82, 2.24) is 0 Å². The van der Waals surface area contributed by atoms with Crippen LogP contribution in [0.4, 0.5) is 0 Å². The Bertz CT molecular complexity index is 598. The van der Waals surface area contributed by atoms with E-state index >= 15 is 0 Å². The van der Waals surface area contributed by atoms with Crippen LogP contribution in [-0.4, -0.2) is 37.5 Å². The van der Waals surface area contributed by atoms with Gasteiger partial charge < -0.3 is 14.2 Å². The molecule has 1 aromatic carbocycles. The Labute approximate surface area is 141 Å². The molecular weight excluding hydrogens is 312 g/mol. The van der Waals surface area contributed by atoms with Crippen molar-refractivity contribution in [2.45, 2.75) is 44.1 Å².